The summed E-state index contributed by atoms with van der Waals surface area (Å²) >= 11 is 7.37. The van der Waals surface area contributed by atoms with Gasteiger partial charge in [0.15, 0.2) is 0 Å². The molecule has 3 N–H and O–H groups in total. The zero-order chi connectivity index (χ0) is 14.8. The first-order chi connectivity index (χ1) is 9.38. The standard InChI is InChI=1S/C13H15ClN2O2S2/c1-9(7-11-3-2-6-19-11)16-20(17,18)13-5-4-10(14)8-12(13)15/h2-6,8-9,16H,7,15H2,1H3. The van der Waals surface area contributed by atoms with E-state index in [1.165, 1.54) is 18.2 Å². The van der Waals surface area contributed by atoms with Crippen molar-refractivity contribution >= 4 is 38.6 Å². The summed E-state index contributed by atoms with van der Waals surface area (Å²) in [5.41, 5.74) is 5.86. The van der Waals surface area contributed by atoms with Crippen LogP contribution in [0.25, 0.3) is 0 Å². The van der Waals surface area contributed by atoms with Gasteiger partial charge in [-0.2, -0.15) is 0 Å². The lowest BCUT2D eigenvalue weighted by Gasteiger charge is -2.14. The molecule has 2 rings (SSSR count). The van der Waals surface area contributed by atoms with Crippen molar-refractivity contribution in [3.63, 3.8) is 0 Å². The molecule has 108 valence electrons. The fourth-order valence-electron chi connectivity index (χ4n) is 1.86. The van der Waals surface area contributed by atoms with E-state index >= 15 is 0 Å². The summed E-state index contributed by atoms with van der Waals surface area (Å²) in [4.78, 5) is 1.18. The number of rotatable bonds is 5. The van der Waals surface area contributed by atoms with E-state index in [1.54, 1.807) is 11.3 Å². The number of thiophene rings is 1. The molecule has 20 heavy (non-hydrogen) atoms. The molecule has 4 nitrogen and oxygen atoms in total. The number of nitrogens with two attached hydrogens (primary N) is 1. The van der Waals surface area contributed by atoms with Crippen LogP contribution in [0.5, 0.6) is 0 Å². The number of benzene rings is 1. The Kier molecular flexibility index (Phi) is 4.70. The molecule has 0 bridgehead atoms. The molecule has 1 heterocycles. The number of nitrogen functional groups attached to an aromatic ring is 1. The number of hydrogen-bond donors (Lipinski definition) is 2. The minimum atomic E-state index is -3.64. The molecule has 1 aromatic carbocycles. The Labute approximate surface area is 127 Å². The molecule has 0 aliphatic carbocycles. The van der Waals surface area contributed by atoms with Crippen LogP contribution in [-0.4, -0.2) is 14.5 Å². The van der Waals surface area contributed by atoms with Crippen molar-refractivity contribution in [2.45, 2.75) is 24.3 Å². The van der Waals surface area contributed by atoms with Crippen molar-refractivity contribution < 1.29 is 8.42 Å². The fraction of sp³-hybridized carbons (Fsp3) is 0.231. The zero-order valence-corrected chi connectivity index (χ0v) is 13.2. The van der Waals surface area contributed by atoms with Crippen molar-refractivity contribution in [2.75, 3.05) is 5.73 Å². The van der Waals surface area contributed by atoms with E-state index in [0.717, 1.165) is 4.88 Å². The first-order valence-electron chi connectivity index (χ1n) is 5.98. The Balaban J connectivity index is 2.14. The largest absolute Gasteiger partial charge is 0.398 e. The van der Waals surface area contributed by atoms with E-state index in [4.69, 9.17) is 17.3 Å². The Morgan fingerprint density at radius 1 is 1.40 bits per heavy atom. The molecule has 0 aliphatic heterocycles. The maximum atomic E-state index is 12.3. The van der Waals surface area contributed by atoms with Crippen LogP contribution >= 0.6 is 22.9 Å². The number of nitrogens with one attached hydrogen (secondary N) is 1. The van der Waals surface area contributed by atoms with Crippen LogP contribution in [0.1, 0.15) is 11.8 Å². The predicted octanol–water partition coefficient (Wildman–Crippen LogP) is 2.89. The molecule has 2 aromatic rings. The highest BCUT2D eigenvalue weighted by atomic mass is 35.5. The second-order valence-electron chi connectivity index (χ2n) is 4.49. The molecule has 0 amide bonds. The van der Waals surface area contributed by atoms with Gasteiger partial charge >= 0.3 is 0 Å². The molecule has 0 saturated carbocycles. The summed E-state index contributed by atoms with van der Waals surface area (Å²) in [6.07, 6.45) is 0.643. The van der Waals surface area contributed by atoms with E-state index in [2.05, 4.69) is 4.72 Å². The third-order valence-corrected chi connectivity index (χ3v) is 5.50. The summed E-state index contributed by atoms with van der Waals surface area (Å²) in [6.45, 7) is 1.82. The van der Waals surface area contributed by atoms with Gasteiger partial charge in [-0.1, -0.05) is 17.7 Å². The molecule has 1 atom stereocenters. The van der Waals surface area contributed by atoms with Gasteiger partial charge in [0.05, 0.1) is 5.69 Å². The molecule has 0 spiro atoms. The van der Waals surface area contributed by atoms with Crippen molar-refractivity contribution in [3.05, 3.63) is 45.6 Å². The first-order valence-corrected chi connectivity index (χ1v) is 8.72. The monoisotopic (exact) mass is 330 g/mol. The average Bonchev–Trinajstić information content (AvgIpc) is 2.79. The quantitative estimate of drug-likeness (QED) is 0.828. The third kappa shape index (κ3) is 3.73. The fourth-order valence-corrected chi connectivity index (χ4v) is 4.24. The second-order valence-corrected chi connectivity index (χ2v) is 7.64. The van der Waals surface area contributed by atoms with E-state index < -0.39 is 10.0 Å². The lowest BCUT2D eigenvalue weighted by Crippen LogP contribution is -2.34. The lowest BCUT2D eigenvalue weighted by atomic mass is 10.2. The maximum Gasteiger partial charge on any atom is 0.242 e. The van der Waals surface area contributed by atoms with Gasteiger partial charge in [-0.15, -0.1) is 11.3 Å². The Hall–Kier alpha value is -1.08. The summed E-state index contributed by atoms with van der Waals surface area (Å²) in [5.74, 6) is 0. The summed E-state index contributed by atoms with van der Waals surface area (Å²) < 4.78 is 27.2. The van der Waals surface area contributed by atoms with Crippen molar-refractivity contribution in [3.8, 4) is 0 Å². The molecule has 0 fully saturated rings. The van der Waals surface area contributed by atoms with E-state index in [1.807, 2.05) is 24.4 Å². The number of hydrogen-bond acceptors (Lipinski definition) is 4. The summed E-state index contributed by atoms with van der Waals surface area (Å²) in [7, 11) is -3.64. The van der Waals surface area contributed by atoms with Gasteiger partial charge in [-0.25, -0.2) is 13.1 Å². The summed E-state index contributed by atoms with van der Waals surface area (Å²) in [5, 5.41) is 2.38. The van der Waals surface area contributed by atoms with Crippen LogP contribution in [0.3, 0.4) is 0 Å². The molecule has 0 radical (unpaired) electrons. The topological polar surface area (TPSA) is 72.2 Å². The highest BCUT2D eigenvalue weighted by Crippen LogP contribution is 2.23. The van der Waals surface area contributed by atoms with Gasteiger partial charge in [0.2, 0.25) is 10.0 Å². The van der Waals surface area contributed by atoms with Crippen molar-refractivity contribution in [1.29, 1.82) is 0 Å². The highest BCUT2D eigenvalue weighted by Gasteiger charge is 2.20. The van der Waals surface area contributed by atoms with Gasteiger partial charge in [-0.05, 0) is 43.0 Å². The van der Waals surface area contributed by atoms with Gasteiger partial charge in [0.1, 0.15) is 4.90 Å². The minimum absolute atomic E-state index is 0.0555. The Bertz CT molecular complexity index is 684. The van der Waals surface area contributed by atoms with Crippen LogP contribution in [0.15, 0.2) is 40.6 Å². The molecule has 7 heteroatoms. The van der Waals surface area contributed by atoms with Crippen molar-refractivity contribution in [1.82, 2.24) is 4.72 Å². The van der Waals surface area contributed by atoms with Crippen LogP contribution < -0.4 is 10.5 Å². The smallest absolute Gasteiger partial charge is 0.242 e. The van der Waals surface area contributed by atoms with Gasteiger partial charge in [-0.3, -0.25) is 0 Å². The van der Waals surface area contributed by atoms with E-state index in [0.29, 0.717) is 11.4 Å². The SMILES string of the molecule is CC(Cc1cccs1)NS(=O)(=O)c1ccc(Cl)cc1N. The van der Waals surface area contributed by atoms with Crippen LogP contribution in [-0.2, 0) is 16.4 Å². The van der Waals surface area contributed by atoms with Gasteiger partial charge < -0.3 is 5.73 Å². The number of anilines is 1. The normalized spacial score (nSPS) is 13.3. The second kappa shape index (κ2) is 6.13. The minimum Gasteiger partial charge on any atom is -0.398 e. The Morgan fingerprint density at radius 3 is 2.75 bits per heavy atom. The van der Waals surface area contributed by atoms with E-state index in [9.17, 15) is 8.42 Å². The van der Waals surface area contributed by atoms with Gasteiger partial charge in [0.25, 0.3) is 0 Å². The molecule has 0 aliphatic rings. The first kappa shape index (κ1) is 15.3. The highest BCUT2D eigenvalue weighted by molar-refractivity contribution is 7.89. The Morgan fingerprint density at radius 2 is 2.15 bits per heavy atom. The molecule has 0 saturated heterocycles. The molecule has 1 unspecified atom stereocenters. The summed E-state index contributed by atoms with van der Waals surface area (Å²) in [6, 6.07) is 8.06. The number of halogens is 1. The molecular formula is C13H15ClN2O2S2. The van der Waals surface area contributed by atoms with Crippen molar-refractivity contribution in [2.24, 2.45) is 0 Å². The van der Waals surface area contributed by atoms with Crippen LogP contribution in [0, 0.1) is 0 Å². The zero-order valence-electron chi connectivity index (χ0n) is 10.8. The molecule has 1 aromatic heterocycles. The maximum absolute atomic E-state index is 12.3. The van der Waals surface area contributed by atoms with E-state index in [-0.39, 0.29) is 16.6 Å². The third-order valence-electron chi connectivity index (χ3n) is 2.71. The van der Waals surface area contributed by atoms with Gasteiger partial charge in [0, 0.05) is 15.9 Å². The van der Waals surface area contributed by atoms with Crippen LogP contribution in [0.4, 0.5) is 5.69 Å². The molecular weight excluding hydrogens is 316 g/mol. The average molecular weight is 331 g/mol. The lowest BCUT2D eigenvalue weighted by molar-refractivity contribution is 0.561. The van der Waals surface area contributed by atoms with Crippen LogP contribution in [0.2, 0.25) is 5.02 Å². The predicted molar refractivity (Wildman–Crippen MR) is 83.7 cm³/mol. The number of sulfonamides is 1.